The van der Waals surface area contributed by atoms with E-state index in [9.17, 15) is 4.79 Å². The Morgan fingerprint density at radius 2 is 1.77 bits per heavy atom. The highest BCUT2D eigenvalue weighted by Crippen LogP contribution is 2.34. The number of amidine groups is 1. The summed E-state index contributed by atoms with van der Waals surface area (Å²) in [5, 5.41) is 0.749. The van der Waals surface area contributed by atoms with Crippen LogP contribution in [0.1, 0.15) is 18.9 Å². The van der Waals surface area contributed by atoms with Gasteiger partial charge < -0.3 is 4.90 Å². The summed E-state index contributed by atoms with van der Waals surface area (Å²) in [6.07, 6.45) is 2.84. The van der Waals surface area contributed by atoms with E-state index in [4.69, 9.17) is 0 Å². The molecule has 3 rings (SSSR count). The highest BCUT2D eigenvalue weighted by Gasteiger charge is 2.32. The Labute approximate surface area is 159 Å². The second-order valence-electron chi connectivity index (χ2n) is 6.28. The van der Waals surface area contributed by atoms with Crippen molar-refractivity contribution in [1.29, 1.82) is 0 Å². The second-order valence-corrected chi connectivity index (χ2v) is 7.29. The molecule has 26 heavy (non-hydrogen) atoms. The number of hydrogen-bond donors (Lipinski definition) is 0. The summed E-state index contributed by atoms with van der Waals surface area (Å²) in [4.78, 5) is 22.0. The standard InChI is InChI=1S/C21H23N3OS/c1-4-14-24-20(25)19(15-16-10-12-18(13-11-16)23(2)3)26-21(24)22-17-8-6-5-7-9-17/h5-13,15H,4,14H2,1-3H3/b19-15-,22-21+. The van der Waals surface area contributed by atoms with Crippen molar-refractivity contribution in [2.75, 3.05) is 25.5 Å². The van der Waals surface area contributed by atoms with Crippen LogP contribution in [0.25, 0.3) is 6.08 Å². The van der Waals surface area contributed by atoms with Crippen LogP contribution in [0.3, 0.4) is 0 Å². The van der Waals surface area contributed by atoms with Crippen LogP contribution in [0.5, 0.6) is 0 Å². The van der Waals surface area contributed by atoms with Gasteiger partial charge in [0.15, 0.2) is 5.17 Å². The lowest BCUT2D eigenvalue weighted by Gasteiger charge is -2.13. The molecule has 0 radical (unpaired) electrons. The van der Waals surface area contributed by atoms with Gasteiger partial charge in [0.2, 0.25) is 0 Å². The number of carbonyl (C=O) groups excluding carboxylic acids is 1. The van der Waals surface area contributed by atoms with Gasteiger partial charge in [-0.05, 0) is 54.1 Å². The van der Waals surface area contributed by atoms with Crippen molar-refractivity contribution >= 4 is 40.3 Å². The maximum Gasteiger partial charge on any atom is 0.266 e. The van der Waals surface area contributed by atoms with Gasteiger partial charge in [0.05, 0.1) is 10.6 Å². The van der Waals surface area contributed by atoms with E-state index in [0.29, 0.717) is 11.4 Å². The lowest BCUT2D eigenvalue weighted by molar-refractivity contribution is -0.122. The number of nitrogens with zero attached hydrogens (tertiary/aromatic N) is 3. The maximum absolute atomic E-state index is 12.8. The quantitative estimate of drug-likeness (QED) is 0.716. The summed E-state index contributed by atoms with van der Waals surface area (Å²) in [5.41, 5.74) is 3.01. The highest BCUT2D eigenvalue weighted by atomic mass is 32.2. The van der Waals surface area contributed by atoms with Crippen LogP contribution >= 0.6 is 11.8 Å². The Hall–Kier alpha value is -2.53. The molecule has 4 nitrogen and oxygen atoms in total. The minimum absolute atomic E-state index is 0.0308. The molecule has 0 aliphatic carbocycles. The zero-order valence-corrected chi connectivity index (χ0v) is 16.2. The minimum Gasteiger partial charge on any atom is -0.378 e. The molecule has 0 bridgehead atoms. The van der Waals surface area contributed by atoms with E-state index in [2.05, 4.69) is 28.9 Å². The van der Waals surface area contributed by atoms with Crippen LogP contribution in [0, 0.1) is 0 Å². The van der Waals surface area contributed by atoms with E-state index in [1.807, 2.05) is 62.6 Å². The minimum atomic E-state index is 0.0308. The van der Waals surface area contributed by atoms with Gasteiger partial charge in [-0.1, -0.05) is 37.3 Å². The Kier molecular flexibility index (Phi) is 5.78. The number of rotatable bonds is 5. The molecule has 1 heterocycles. The Morgan fingerprint density at radius 3 is 2.38 bits per heavy atom. The Bertz CT molecular complexity index is 826. The van der Waals surface area contributed by atoms with Crippen LogP contribution in [-0.2, 0) is 4.79 Å². The first-order valence-electron chi connectivity index (χ1n) is 8.71. The van der Waals surface area contributed by atoms with Gasteiger partial charge in [-0.25, -0.2) is 4.99 Å². The molecule has 1 aliphatic heterocycles. The average molecular weight is 366 g/mol. The van der Waals surface area contributed by atoms with Crippen LogP contribution in [0.2, 0.25) is 0 Å². The zero-order chi connectivity index (χ0) is 18.5. The van der Waals surface area contributed by atoms with Crippen molar-refractivity contribution < 1.29 is 4.79 Å². The number of anilines is 1. The van der Waals surface area contributed by atoms with E-state index >= 15 is 0 Å². The predicted octanol–water partition coefficient (Wildman–Crippen LogP) is 4.77. The number of carbonyl (C=O) groups is 1. The molecule has 1 saturated heterocycles. The van der Waals surface area contributed by atoms with Gasteiger partial charge in [0.1, 0.15) is 0 Å². The first kappa shape index (κ1) is 18.3. The number of amides is 1. The first-order chi connectivity index (χ1) is 12.6. The molecule has 0 saturated carbocycles. The fraction of sp³-hybridized carbons (Fsp3) is 0.238. The van der Waals surface area contributed by atoms with Crippen molar-refractivity contribution in [3.8, 4) is 0 Å². The molecule has 0 unspecified atom stereocenters. The molecule has 5 heteroatoms. The van der Waals surface area contributed by atoms with E-state index in [0.717, 1.165) is 28.5 Å². The molecule has 1 aliphatic rings. The zero-order valence-electron chi connectivity index (χ0n) is 15.3. The maximum atomic E-state index is 12.8. The van der Waals surface area contributed by atoms with Crippen LogP contribution in [0.4, 0.5) is 11.4 Å². The van der Waals surface area contributed by atoms with E-state index in [1.54, 1.807) is 4.90 Å². The van der Waals surface area contributed by atoms with E-state index in [-0.39, 0.29) is 5.91 Å². The predicted molar refractivity (Wildman–Crippen MR) is 112 cm³/mol. The molecular weight excluding hydrogens is 342 g/mol. The van der Waals surface area contributed by atoms with Crippen molar-refractivity contribution in [3.63, 3.8) is 0 Å². The summed E-state index contributed by atoms with van der Waals surface area (Å²) in [6, 6.07) is 17.9. The third-order valence-corrected chi connectivity index (χ3v) is 5.03. The summed E-state index contributed by atoms with van der Waals surface area (Å²) in [6.45, 7) is 2.74. The molecule has 1 fully saturated rings. The van der Waals surface area contributed by atoms with Crippen LogP contribution in [0.15, 0.2) is 64.5 Å². The first-order valence-corrected chi connectivity index (χ1v) is 9.52. The van der Waals surface area contributed by atoms with E-state index < -0.39 is 0 Å². The van der Waals surface area contributed by atoms with E-state index in [1.165, 1.54) is 11.8 Å². The molecule has 0 spiro atoms. The largest absolute Gasteiger partial charge is 0.378 e. The third kappa shape index (κ3) is 4.17. The molecule has 0 atom stereocenters. The lowest BCUT2D eigenvalue weighted by atomic mass is 10.2. The summed E-state index contributed by atoms with van der Waals surface area (Å²) >= 11 is 1.44. The molecule has 1 amide bonds. The van der Waals surface area contributed by atoms with Crippen LogP contribution < -0.4 is 4.90 Å². The van der Waals surface area contributed by atoms with Gasteiger partial charge in [-0.15, -0.1) is 0 Å². The number of thioether (sulfide) groups is 1. The van der Waals surface area contributed by atoms with Crippen molar-refractivity contribution in [3.05, 3.63) is 65.1 Å². The monoisotopic (exact) mass is 365 g/mol. The van der Waals surface area contributed by atoms with Crippen molar-refractivity contribution in [2.45, 2.75) is 13.3 Å². The summed E-state index contributed by atoms with van der Waals surface area (Å²) in [5.74, 6) is 0.0308. The van der Waals surface area contributed by atoms with Gasteiger partial charge in [0, 0.05) is 26.3 Å². The molecule has 0 N–H and O–H groups in total. The van der Waals surface area contributed by atoms with Crippen molar-refractivity contribution in [1.82, 2.24) is 4.90 Å². The SMILES string of the molecule is CCCN1C(=O)/C(=C/c2ccc(N(C)C)cc2)S/C1=N/c1ccccc1. The molecule has 2 aromatic carbocycles. The normalized spacial score (nSPS) is 17.3. The van der Waals surface area contributed by atoms with Gasteiger partial charge in [0.25, 0.3) is 5.91 Å². The summed E-state index contributed by atoms with van der Waals surface area (Å²) < 4.78 is 0. The highest BCUT2D eigenvalue weighted by molar-refractivity contribution is 8.18. The molecule has 134 valence electrons. The number of para-hydroxylation sites is 1. The number of aliphatic imine (C=N–C) groups is 1. The molecule has 0 aromatic heterocycles. The molecular formula is C21H23N3OS. The van der Waals surface area contributed by atoms with Crippen LogP contribution in [-0.4, -0.2) is 36.6 Å². The second kappa shape index (κ2) is 8.23. The Balaban J connectivity index is 1.89. The summed E-state index contributed by atoms with van der Waals surface area (Å²) in [7, 11) is 4.03. The fourth-order valence-corrected chi connectivity index (χ4v) is 3.67. The third-order valence-electron chi connectivity index (χ3n) is 4.02. The smallest absolute Gasteiger partial charge is 0.266 e. The number of benzene rings is 2. The van der Waals surface area contributed by atoms with Gasteiger partial charge in [-0.2, -0.15) is 0 Å². The van der Waals surface area contributed by atoms with Gasteiger partial charge >= 0.3 is 0 Å². The number of hydrogen-bond acceptors (Lipinski definition) is 4. The molecule has 2 aromatic rings. The topological polar surface area (TPSA) is 35.9 Å². The van der Waals surface area contributed by atoms with Crippen molar-refractivity contribution in [2.24, 2.45) is 4.99 Å². The Morgan fingerprint density at radius 1 is 1.08 bits per heavy atom. The van der Waals surface area contributed by atoms with Gasteiger partial charge in [-0.3, -0.25) is 9.69 Å². The lowest BCUT2D eigenvalue weighted by Crippen LogP contribution is -2.29. The fourth-order valence-electron chi connectivity index (χ4n) is 2.65. The average Bonchev–Trinajstić information content (AvgIpc) is 2.92.